The Bertz CT molecular complexity index is 426. The molecule has 6 nitrogen and oxygen atoms in total. The van der Waals surface area contributed by atoms with Gasteiger partial charge in [-0.05, 0) is 11.8 Å². The van der Waals surface area contributed by atoms with Crippen molar-refractivity contribution >= 4 is 16.0 Å². The van der Waals surface area contributed by atoms with Crippen molar-refractivity contribution in [1.29, 1.82) is 0 Å². The normalized spacial score (nSPS) is 25.5. The quantitative estimate of drug-likeness (QED) is 0.757. The Hall–Kier alpha value is -0.660. The van der Waals surface area contributed by atoms with Gasteiger partial charge in [0.1, 0.15) is 6.04 Å². The fourth-order valence-electron chi connectivity index (χ4n) is 1.99. The van der Waals surface area contributed by atoms with E-state index in [1.54, 1.807) is 0 Å². The van der Waals surface area contributed by atoms with E-state index in [2.05, 4.69) is 4.74 Å². The van der Waals surface area contributed by atoms with Gasteiger partial charge in [0.2, 0.25) is 10.0 Å². The lowest BCUT2D eigenvalue weighted by Crippen LogP contribution is -2.42. The molecule has 112 valence electrons. The molecule has 1 heterocycles. The van der Waals surface area contributed by atoms with Crippen molar-refractivity contribution in [2.24, 2.45) is 5.41 Å². The van der Waals surface area contributed by atoms with Crippen LogP contribution in [0, 0.1) is 5.41 Å². The zero-order valence-electron chi connectivity index (χ0n) is 11.9. The van der Waals surface area contributed by atoms with Crippen molar-refractivity contribution < 1.29 is 23.1 Å². The van der Waals surface area contributed by atoms with Gasteiger partial charge in [-0.1, -0.05) is 20.8 Å². The van der Waals surface area contributed by atoms with Crippen molar-refractivity contribution in [3.63, 3.8) is 0 Å². The lowest BCUT2D eigenvalue weighted by atomic mass is 9.94. The summed E-state index contributed by atoms with van der Waals surface area (Å²) >= 11 is 0. The maximum absolute atomic E-state index is 12.3. The number of aliphatic hydroxyl groups excluding tert-OH is 1. The molecular weight excluding hydrogens is 270 g/mol. The van der Waals surface area contributed by atoms with Gasteiger partial charge in [-0.25, -0.2) is 8.42 Å². The molecule has 0 aromatic rings. The number of hydrogen-bond acceptors (Lipinski definition) is 5. The van der Waals surface area contributed by atoms with Gasteiger partial charge in [0, 0.05) is 13.0 Å². The molecule has 7 heteroatoms. The smallest absolute Gasteiger partial charge is 0.324 e. The first-order chi connectivity index (χ1) is 8.57. The van der Waals surface area contributed by atoms with Gasteiger partial charge >= 0.3 is 5.97 Å². The van der Waals surface area contributed by atoms with Gasteiger partial charge < -0.3 is 9.84 Å². The number of esters is 1. The Morgan fingerprint density at radius 2 is 2.00 bits per heavy atom. The maximum atomic E-state index is 12.3. The number of carbonyl (C=O) groups is 1. The maximum Gasteiger partial charge on any atom is 0.324 e. The van der Waals surface area contributed by atoms with Crippen LogP contribution in [0.25, 0.3) is 0 Å². The molecule has 0 saturated carbocycles. The molecule has 1 aliphatic rings. The van der Waals surface area contributed by atoms with Crippen LogP contribution in [0.3, 0.4) is 0 Å². The predicted octanol–water partition coefficient (Wildman–Crippen LogP) is 0.361. The third-order valence-electron chi connectivity index (χ3n) is 3.17. The van der Waals surface area contributed by atoms with E-state index in [-0.39, 0.29) is 24.1 Å². The number of sulfonamides is 1. The van der Waals surface area contributed by atoms with E-state index in [9.17, 15) is 18.3 Å². The monoisotopic (exact) mass is 293 g/mol. The van der Waals surface area contributed by atoms with Crippen LogP contribution in [0.4, 0.5) is 0 Å². The second kappa shape index (κ2) is 5.76. The van der Waals surface area contributed by atoms with Crippen LogP contribution in [0.15, 0.2) is 0 Å². The molecule has 0 radical (unpaired) electrons. The zero-order chi connectivity index (χ0) is 14.8. The van der Waals surface area contributed by atoms with Gasteiger partial charge in [-0.2, -0.15) is 4.31 Å². The van der Waals surface area contributed by atoms with E-state index in [1.165, 1.54) is 7.11 Å². The molecule has 1 aliphatic heterocycles. The summed E-state index contributed by atoms with van der Waals surface area (Å²) in [6, 6.07) is -0.898. The zero-order valence-corrected chi connectivity index (χ0v) is 12.7. The number of nitrogens with zero attached hydrogens (tertiary/aromatic N) is 1. The molecule has 0 spiro atoms. The molecule has 2 unspecified atom stereocenters. The van der Waals surface area contributed by atoms with Crippen LogP contribution in [-0.4, -0.2) is 55.4 Å². The third-order valence-corrected chi connectivity index (χ3v) is 5.01. The molecule has 1 N–H and O–H groups in total. The van der Waals surface area contributed by atoms with Gasteiger partial charge in [0.05, 0.1) is 19.0 Å². The molecule has 0 bridgehead atoms. The fraction of sp³-hybridized carbons (Fsp3) is 0.917. The summed E-state index contributed by atoms with van der Waals surface area (Å²) in [4.78, 5) is 11.6. The topological polar surface area (TPSA) is 83.9 Å². The first kappa shape index (κ1) is 16.4. The molecule has 0 amide bonds. The molecule has 1 rings (SSSR count). The average Bonchev–Trinajstić information content (AvgIpc) is 2.68. The Labute approximate surface area is 114 Å². The van der Waals surface area contributed by atoms with Gasteiger partial charge in [0.15, 0.2) is 0 Å². The number of aliphatic hydroxyl groups is 1. The molecule has 1 saturated heterocycles. The van der Waals surface area contributed by atoms with Crippen molar-refractivity contribution in [1.82, 2.24) is 4.31 Å². The number of β-amino-alcohol motifs (C(OH)–C–C–N with tert-alkyl or cyclic N) is 1. The summed E-state index contributed by atoms with van der Waals surface area (Å²) in [5.41, 5.74) is -0.105. The number of rotatable bonds is 4. The molecule has 0 aliphatic carbocycles. The Morgan fingerprint density at radius 1 is 1.42 bits per heavy atom. The summed E-state index contributed by atoms with van der Waals surface area (Å²) in [6.07, 6.45) is -0.217. The summed E-state index contributed by atoms with van der Waals surface area (Å²) < 4.78 is 30.2. The Morgan fingerprint density at radius 3 is 2.47 bits per heavy atom. The summed E-state index contributed by atoms with van der Waals surface area (Å²) in [7, 11) is -2.34. The predicted molar refractivity (Wildman–Crippen MR) is 71.0 cm³/mol. The molecule has 2 atom stereocenters. The van der Waals surface area contributed by atoms with Gasteiger partial charge in [0.25, 0.3) is 0 Å². The van der Waals surface area contributed by atoms with Crippen LogP contribution in [0.5, 0.6) is 0 Å². The van der Waals surface area contributed by atoms with Crippen LogP contribution in [0.1, 0.15) is 33.6 Å². The molecule has 0 aromatic heterocycles. The van der Waals surface area contributed by atoms with Gasteiger partial charge in [-0.15, -0.1) is 0 Å². The van der Waals surface area contributed by atoms with E-state index < -0.39 is 28.1 Å². The third kappa shape index (κ3) is 4.43. The number of ether oxygens (including phenoxy) is 1. The van der Waals surface area contributed by atoms with E-state index in [4.69, 9.17) is 0 Å². The summed E-state index contributed by atoms with van der Waals surface area (Å²) in [6.45, 7) is 5.84. The molecular formula is C12H23NO5S. The minimum atomic E-state index is -3.56. The lowest BCUT2D eigenvalue weighted by Gasteiger charge is -2.24. The number of hydrogen-bond donors (Lipinski definition) is 1. The summed E-state index contributed by atoms with van der Waals surface area (Å²) in [5.74, 6) is -0.646. The minimum absolute atomic E-state index is 0.0310. The molecule has 0 aromatic carbocycles. The first-order valence-electron chi connectivity index (χ1n) is 6.32. The highest BCUT2D eigenvalue weighted by Gasteiger charge is 2.43. The second-order valence-electron chi connectivity index (χ2n) is 6.12. The standard InChI is InChI=1S/C12H23NO5S/c1-12(2,3)5-6-19(16,17)13-8-9(14)7-10(13)11(15)18-4/h9-10,14H,5-8H2,1-4H3. The van der Waals surface area contributed by atoms with E-state index >= 15 is 0 Å². The molecule has 1 fully saturated rings. The number of methoxy groups -OCH3 is 1. The van der Waals surface area contributed by atoms with E-state index in [1.807, 2.05) is 20.8 Å². The average molecular weight is 293 g/mol. The van der Waals surface area contributed by atoms with Crippen LogP contribution in [0.2, 0.25) is 0 Å². The van der Waals surface area contributed by atoms with Crippen molar-refractivity contribution in [3.05, 3.63) is 0 Å². The highest BCUT2D eigenvalue weighted by Crippen LogP contribution is 2.26. The van der Waals surface area contributed by atoms with Crippen LogP contribution < -0.4 is 0 Å². The Balaban J connectivity index is 2.83. The minimum Gasteiger partial charge on any atom is -0.468 e. The first-order valence-corrected chi connectivity index (χ1v) is 7.93. The number of carbonyl (C=O) groups excluding carboxylic acids is 1. The van der Waals surface area contributed by atoms with Crippen LogP contribution >= 0.6 is 0 Å². The molecule has 19 heavy (non-hydrogen) atoms. The van der Waals surface area contributed by atoms with E-state index in [0.29, 0.717) is 6.42 Å². The van der Waals surface area contributed by atoms with Crippen molar-refractivity contribution in [2.45, 2.75) is 45.8 Å². The van der Waals surface area contributed by atoms with E-state index in [0.717, 1.165) is 4.31 Å². The van der Waals surface area contributed by atoms with Crippen molar-refractivity contribution in [2.75, 3.05) is 19.4 Å². The summed E-state index contributed by atoms with van der Waals surface area (Å²) in [5, 5.41) is 9.59. The Kier molecular flexibility index (Phi) is 4.97. The lowest BCUT2D eigenvalue weighted by molar-refractivity contribution is -0.144. The SMILES string of the molecule is COC(=O)C1CC(O)CN1S(=O)(=O)CCC(C)(C)C. The van der Waals surface area contributed by atoms with Crippen molar-refractivity contribution in [3.8, 4) is 0 Å². The van der Waals surface area contributed by atoms with Crippen LogP contribution in [-0.2, 0) is 19.6 Å². The van der Waals surface area contributed by atoms with Gasteiger partial charge in [-0.3, -0.25) is 4.79 Å². The highest BCUT2D eigenvalue weighted by atomic mass is 32.2. The largest absolute Gasteiger partial charge is 0.468 e. The highest BCUT2D eigenvalue weighted by molar-refractivity contribution is 7.89. The second-order valence-corrected chi connectivity index (χ2v) is 8.17. The fourth-order valence-corrected chi connectivity index (χ4v) is 4.06.